The summed E-state index contributed by atoms with van der Waals surface area (Å²) >= 11 is 0. The van der Waals surface area contributed by atoms with E-state index >= 15 is 0 Å². The molecule has 3 heteroatoms. The maximum atomic E-state index is 11.7. The number of nitrogens with one attached hydrogen (secondary N) is 2. The smallest absolute Gasteiger partial charge is 0.236 e. The molecule has 0 radical (unpaired) electrons. The molecule has 98 valence electrons. The molecule has 1 rings (SSSR count). The number of carbonyl (C=O) groups is 1. The number of carbonyl (C=O) groups excluding carboxylic acids is 1. The predicted octanol–water partition coefficient (Wildman–Crippen LogP) is 2.24. The van der Waals surface area contributed by atoms with E-state index in [2.05, 4.69) is 30.6 Å². The Balaban J connectivity index is 2.10. The highest BCUT2D eigenvalue weighted by Crippen LogP contribution is 2.19. The Hall–Kier alpha value is -0.830. The zero-order chi connectivity index (χ0) is 12.7. The number of amides is 1. The molecule has 0 aromatic rings. The van der Waals surface area contributed by atoms with Gasteiger partial charge in [0.05, 0.1) is 6.04 Å². The van der Waals surface area contributed by atoms with Crippen LogP contribution in [0.1, 0.15) is 46.5 Å². The lowest BCUT2D eigenvalue weighted by Gasteiger charge is -2.15. The van der Waals surface area contributed by atoms with Gasteiger partial charge in [0.1, 0.15) is 0 Å². The van der Waals surface area contributed by atoms with Gasteiger partial charge in [0.25, 0.3) is 0 Å². The van der Waals surface area contributed by atoms with Crippen molar-refractivity contribution in [2.75, 3.05) is 13.1 Å². The number of hydrogen-bond donors (Lipinski definition) is 2. The number of rotatable bonds is 7. The normalized spacial score (nSPS) is 17.1. The molecule has 0 aromatic heterocycles. The molecule has 2 N–H and O–H groups in total. The van der Waals surface area contributed by atoms with Gasteiger partial charge < -0.3 is 10.6 Å². The lowest BCUT2D eigenvalue weighted by atomic mass is 10.1. The number of allylic oxidation sites excluding steroid dienone is 1. The monoisotopic (exact) mass is 238 g/mol. The van der Waals surface area contributed by atoms with Crippen molar-refractivity contribution in [1.29, 1.82) is 0 Å². The van der Waals surface area contributed by atoms with Gasteiger partial charge in [-0.3, -0.25) is 4.79 Å². The highest BCUT2D eigenvalue weighted by atomic mass is 16.2. The quantitative estimate of drug-likeness (QED) is 0.668. The first-order valence-electron chi connectivity index (χ1n) is 6.78. The molecule has 0 aromatic carbocycles. The molecule has 1 aliphatic rings. The van der Waals surface area contributed by atoms with E-state index in [1.807, 2.05) is 6.92 Å². The summed E-state index contributed by atoms with van der Waals surface area (Å²) in [7, 11) is 0. The zero-order valence-corrected chi connectivity index (χ0v) is 11.4. The SMILES string of the molecule is CC(C)CNC(=O)C(C)NCCC1=CCCC1. The second kappa shape index (κ2) is 7.49. The topological polar surface area (TPSA) is 41.1 Å². The van der Waals surface area contributed by atoms with Crippen molar-refractivity contribution < 1.29 is 4.79 Å². The molecule has 0 saturated heterocycles. The van der Waals surface area contributed by atoms with Crippen molar-refractivity contribution in [3.63, 3.8) is 0 Å². The Bertz CT molecular complexity index is 271. The third-order valence-corrected chi connectivity index (χ3v) is 3.11. The lowest BCUT2D eigenvalue weighted by Crippen LogP contribution is -2.43. The van der Waals surface area contributed by atoms with Gasteiger partial charge in [-0.2, -0.15) is 0 Å². The van der Waals surface area contributed by atoms with Crippen LogP contribution >= 0.6 is 0 Å². The van der Waals surface area contributed by atoms with Crippen LogP contribution in [0.4, 0.5) is 0 Å². The zero-order valence-electron chi connectivity index (χ0n) is 11.4. The average Bonchev–Trinajstić information content (AvgIpc) is 2.78. The summed E-state index contributed by atoms with van der Waals surface area (Å²) < 4.78 is 0. The van der Waals surface area contributed by atoms with Crippen LogP contribution in [0, 0.1) is 5.92 Å². The van der Waals surface area contributed by atoms with E-state index in [1.54, 1.807) is 5.57 Å². The fourth-order valence-corrected chi connectivity index (χ4v) is 1.96. The van der Waals surface area contributed by atoms with Crippen LogP contribution in [0.25, 0.3) is 0 Å². The molecule has 0 fully saturated rings. The maximum Gasteiger partial charge on any atom is 0.236 e. The molecule has 1 atom stereocenters. The third-order valence-electron chi connectivity index (χ3n) is 3.11. The van der Waals surface area contributed by atoms with Gasteiger partial charge in [-0.05, 0) is 45.1 Å². The van der Waals surface area contributed by atoms with Crippen molar-refractivity contribution in [3.05, 3.63) is 11.6 Å². The average molecular weight is 238 g/mol. The molecular formula is C14H26N2O. The van der Waals surface area contributed by atoms with E-state index in [0.29, 0.717) is 5.92 Å². The Morgan fingerprint density at radius 2 is 2.18 bits per heavy atom. The van der Waals surface area contributed by atoms with Crippen molar-refractivity contribution >= 4 is 5.91 Å². The number of hydrogen-bond acceptors (Lipinski definition) is 2. The molecule has 1 amide bonds. The van der Waals surface area contributed by atoms with E-state index in [-0.39, 0.29) is 11.9 Å². The van der Waals surface area contributed by atoms with Crippen LogP contribution in [0.3, 0.4) is 0 Å². The van der Waals surface area contributed by atoms with E-state index in [9.17, 15) is 4.79 Å². The lowest BCUT2D eigenvalue weighted by molar-refractivity contribution is -0.122. The molecule has 1 unspecified atom stereocenters. The molecule has 17 heavy (non-hydrogen) atoms. The summed E-state index contributed by atoms with van der Waals surface area (Å²) in [5, 5.41) is 6.22. The van der Waals surface area contributed by atoms with Gasteiger partial charge in [0, 0.05) is 6.54 Å². The van der Waals surface area contributed by atoms with Crippen LogP contribution in [-0.4, -0.2) is 25.0 Å². The molecule has 1 aliphatic carbocycles. The first kappa shape index (κ1) is 14.2. The molecule has 0 heterocycles. The Labute approximate surface area is 105 Å². The summed E-state index contributed by atoms with van der Waals surface area (Å²) in [6, 6.07) is -0.0873. The standard InChI is InChI=1S/C14H26N2O/c1-11(2)10-16-14(17)12(3)15-9-8-13-6-4-5-7-13/h6,11-12,15H,4-5,7-10H2,1-3H3,(H,16,17). The van der Waals surface area contributed by atoms with Crippen LogP contribution in [0.15, 0.2) is 11.6 Å². The second-order valence-electron chi connectivity index (χ2n) is 5.32. The minimum atomic E-state index is -0.0873. The fraction of sp³-hybridized carbons (Fsp3) is 0.786. The minimum absolute atomic E-state index is 0.0873. The summed E-state index contributed by atoms with van der Waals surface area (Å²) in [4.78, 5) is 11.7. The van der Waals surface area contributed by atoms with Gasteiger partial charge in [-0.1, -0.05) is 25.5 Å². The molecule has 3 nitrogen and oxygen atoms in total. The first-order chi connectivity index (χ1) is 8.09. The van der Waals surface area contributed by atoms with Crippen molar-refractivity contribution in [2.24, 2.45) is 5.92 Å². The minimum Gasteiger partial charge on any atom is -0.354 e. The van der Waals surface area contributed by atoms with Crippen molar-refractivity contribution in [3.8, 4) is 0 Å². The van der Waals surface area contributed by atoms with E-state index in [1.165, 1.54) is 19.3 Å². The van der Waals surface area contributed by atoms with Gasteiger partial charge in [0.2, 0.25) is 5.91 Å². The highest BCUT2D eigenvalue weighted by molar-refractivity contribution is 5.81. The van der Waals surface area contributed by atoms with Gasteiger partial charge in [-0.25, -0.2) is 0 Å². The van der Waals surface area contributed by atoms with Gasteiger partial charge in [-0.15, -0.1) is 0 Å². The van der Waals surface area contributed by atoms with Crippen LogP contribution in [0.5, 0.6) is 0 Å². The summed E-state index contributed by atoms with van der Waals surface area (Å²) in [5.74, 6) is 0.619. The molecular weight excluding hydrogens is 212 g/mol. The maximum absolute atomic E-state index is 11.7. The van der Waals surface area contributed by atoms with E-state index in [4.69, 9.17) is 0 Å². The van der Waals surface area contributed by atoms with E-state index in [0.717, 1.165) is 19.5 Å². The summed E-state index contributed by atoms with van der Waals surface area (Å²) in [6.45, 7) is 7.80. The van der Waals surface area contributed by atoms with Crippen molar-refractivity contribution in [1.82, 2.24) is 10.6 Å². The highest BCUT2D eigenvalue weighted by Gasteiger charge is 2.12. The van der Waals surface area contributed by atoms with Gasteiger partial charge in [0.15, 0.2) is 0 Å². The Morgan fingerprint density at radius 3 is 2.76 bits per heavy atom. The summed E-state index contributed by atoms with van der Waals surface area (Å²) in [6.07, 6.45) is 7.21. The Kier molecular flexibility index (Phi) is 6.27. The third kappa shape index (κ3) is 5.87. The van der Waals surface area contributed by atoms with Crippen molar-refractivity contribution in [2.45, 2.75) is 52.5 Å². The molecule has 0 saturated carbocycles. The predicted molar refractivity (Wildman–Crippen MR) is 71.9 cm³/mol. The molecule has 0 bridgehead atoms. The van der Waals surface area contributed by atoms with Gasteiger partial charge >= 0.3 is 0 Å². The van der Waals surface area contributed by atoms with Crippen LogP contribution < -0.4 is 10.6 Å². The fourth-order valence-electron chi connectivity index (χ4n) is 1.96. The van der Waals surface area contributed by atoms with E-state index < -0.39 is 0 Å². The first-order valence-corrected chi connectivity index (χ1v) is 6.78. The largest absolute Gasteiger partial charge is 0.354 e. The molecule has 0 aliphatic heterocycles. The van der Waals surface area contributed by atoms with Crippen LogP contribution in [-0.2, 0) is 4.79 Å². The van der Waals surface area contributed by atoms with Crippen LogP contribution in [0.2, 0.25) is 0 Å². The second-order valence-corrected chi connectivity index (χ2v) is 5.32. The molecule has 0 spiro atoms. The summed E-state index contributed by atoms with van der Waals surface area (Å²) in [5.41, 5.74) is 1.55. The Morgan fingerprint density at radius 1 is 1.41 bits per heavy atom.